The number of aromatic nitrogens is 3. The summed E-state index contributed by atoms with van der Waals surface area (Å²) in [5.41, 5.74) is 8.17. The van der Waals surface area contributed by atoms with Crippen LogP contribution >= 0.6 is 0 Å². The van der Waals surface area contributed by atoms with Gasteiger partial charge in [0.2, 0.25) is 5.91 Å². The molecule has 0 fully saturated rings. The average molecular weight is 337 g/mol. The third-order valence-electron chi connectivity index (χ3n) is 3.96. The van der Waals surface area contributed by atoms with E-state index in [0.717, 1.165) is 16.6 Å². The SMILES string of the molecule is CC(C)C(NC(=O)c1ccc2nc(-c3ccncc3)[nH]c2c1)C(N)=O. The van der Waals surface area contributed by atoms with E-state index in [4.69, 9.17) is 5.73 Å². The summed E-state index contributed by atoms with van der Waals surface area (Å²) in [6, 6.07) is 8.14. The maximum Gasteiger partial charge on any atom is 0.252 e. The second-order valence-corrected chi connectivity index (χ2v) is 6.15. The van der Waals surface area contributed by atoms with Crippen molar-refractivity contribution in [1.29, 1.82) is 0 Å². The first-order valence-electron chi connectivity index (χ1n) is 7.96. The number of aromatic amines is 1. The number of pyridine rings is 1. The van der Waals surface area contributed by atoms with Crippen LogP contribution in [0.15, 0.2) is 42.7 Å². The summed E-state index contributed by atoms with van der Waals surface area (Å²) < 4.78 is 0. The van der Waals surface area contributed by atoms with Gasteiger partial charge in [-0.05, 0) is 36.2 Å². The average Bonchev–Trinajstić information content (AvgIpc) is 3.02. The van der Waals surface area contributed by atoms with E-state index in [9.17, 15) is 9.59 Å². The first-order chi connectivity index (χ1) is 12.0. The van der Waals surface area contributed by atoms with Crippen molar-refractivity contribution in [2.75, 3.05) is 0 Å². The van der Waals surface area contributed by atoms with Gasteiger partial charge in [-0.3, -0.25) is 14.6 Å². The van der Waals surface area contributed by atoms with Crippen LogP contribution in [0.25, 0.3) is 22.4 Å². The zero-order chi connectivity index (χ0) is 18.0. The van der Waals surface area contributed by atoms with Crippen LogP contribution in [0.1, 0.15) is 24.2 Å². The highest BCUT2D eigenvalue weighted by Crippen LogP contribution is 2.20. The monoisotopic (exact) mass is 337 g/mol. The number of imidazole rings is 1. The van der Waals surface area contributed by atoms with Crippen LogP contribution < -0.4 is 11.1 Å². The van der Waals surface area contributed by atoms with E-state index >= 15 is 0 Å². The van der Waals surface area contributed by atoms with E-state index in [0.29, 0.717) is 11.4 Å². The molecule has 0 saturated heterocycles. The minimum Gasteiger partial charge on any atom is -0.368 e. The Kier molecular flexibility index (Phi) is 4.47. The number of primary amides is 1. The Balaban J connectivity index is 1.88. The molecule has 3 aromatic rings. The number of amides is 2. The first-order valence-corrected chi connectivity index (χ1v) is 7.96. The van der Waals surface area contributed by atoms with Crippen LogP contribution in [0.4, 0.5) is 0 Å². The molecular formula is C18H19N5O2. The lowest BCUT2D eigenvalue weighted by atomic mass is 10.0. The molecule has 2 amide bonds. The van der Waals surface area contributed by atoms with Gasteiger partial charge in [0.05, 0.1) is 11.0 Å². The minimum absolute atomic E-state index is 0.0874. The van der Waals surface area contributed by atoms with Crippen molar-refractivity contribution in [3.05, 3.63) is 48.3 Å². The minimum atomic E-state index is -0.711. The number of hydrogen-bond donors (Lipinski definition) is 3. The third kappa shape index (κ3) is 3.50. The molecule has 25 heavy (non-hydrogen) atoms. The number of nitrogens with two attached hydrogens (primary N) is 1. The molecule has 2 heterocycles. The fourth-order valence-corrected chi connectivity index (χ4v) is 2.59. The highest BCUT2D eigenvalue weighted by Gasteiger charge is 2.22. The Morgan fingerprint density at radius 2 is 1.88 bits per heavy atom. The van der Waals surface area contributed by atoms with Crippen molar-refractivity contribution in [1.82, 2.24) is 20.3 Å². The lowest BCUT2D eigenvalue weighted by molar-refractivity contribution is -0.120. The molecule has 7 heteroatoms. The quantitative estimate of drug-likeness (QED) is 0.659. The molecule has 0 saturated carbocycles. The smallest absolute Gasteiger partial charge is 0.252 e. The van der Waals surface area contributed by atoms with Crippen LogP contribution in [0.5, 0.6) is 0 Å². The number of H-pyrrole nitrogens is 1. The van der Waals surface area contributed by atoms with E-state index < -0.39 is 11.9 Å². The molecular weight excluding hydrogens is 318 g/mol. The summed E-state index contributed by atoms with van der Waals surface area (Å²) in [5, 5.41) is 2.68. The number of fused-ring (bicyclic) bond motifs is 1. The number of rotatable bonds is 5. The Morgan fingerprint density at radius 1 is 1.16 bits per heavy atom. The summed E-state index contributed by atoms with van der Waals surface area (Å²) in [6.45, 7) is 3.66. The van der Waals surface area contributed by atoms with E-state index in [1.807, 2.05) is 26.0 Å². The molecule has 1 aromatic carbocycles. The van der Waals surface area contributed by atoms with Crippen LogP contribution in [0, 0.1) is 5.92 Å². The van der Waals surface area contributed by atoms with Gasteiger partial charge in [0.15, 0.2) is 0 Å². The molecule has 4 N–H and O–H groups in total. The molecule has 0 aliphatic rings. The van der Waals surface area contributed by atoms with Gasteiger partial charge in [0.25, 0.3) is 5.91 Å². The molecule has 0 spiro atoms. The number of benzene rings is 1. The second kappa shape index (κ2) is 6.72. The molecule has 3 rings (SSSR count). The molecule has 1 unspecified atom stereocenters. The molecule has 0 bridgehead atoms. The number of hydrogen-bond acceptors (Lipinski definition) is 4. The fraction of sp³-hybridized carbons (Fsp3) is 0.222. The van der Waals surface area contributed by atoms with Crippen molar-refractivity contribution >= 4 is 22.8 Å². The Labute approximate surface area is 144 Å². The topological polar surface area (TPSA) is 114 Å². The van der Waals surface area contributed by atoms with Gasteiger partial charge in [-0.1, -0.05) is 13.8 Å². The number of nitrogens with zero attached hydrogens (tertiary/aromatic N) is 2. The van der Waals surface area contributed by atoms with Crippen LogP contribution in [0.2, 0.25) is 0 Å². The van der Waals surface area contributed by atoms with Crippen LogP contribution in [0.3, 0.4) is 0 Å². The second-order valence-electron chi connectivity index (χ2n) is 6.15. The van der Waals surface area contributed by atoms with Gasteiger partial charge in [-0.15, -0.1) is 0 Å². The summed E-state index contributed by atoms with van der Waals surface area (Å²) >= 11 is 0. The Morgan fingerprint density at radius 3 is 2.52 bits per heavy atom. The van der Waals surface area contributed by atoms with E-state index in [-0.39, 0.29) is 11.8 Å². The van der Waals surface area contributed by atoms with Crippen molar-refractivity contribution in [2.24, 2.45) is 11.7 Å². The highest BCUT2D eigenvalue weighted by atomic mass is 16.2. The Hall–Kier alpha value is -3.22. The van der Waals surface area contributed by atoms with Gasteiger partial charge in [-0.2, -0.15) is 0 Å². The van der Waals surface area contributed by atoms with Crippen LogP contribution in [-0.4, -0.2) is 32.8 Å². The zero-order valence-electron chi connectivity index (χ0n) is 14.0. The lowest BCUT2D eigenvalue weighted by Crippen LogP contribution is -2.47. The van der Waals surface area contributed by atoms with Crippen molar-refractivity contribution in [3.8, 4) is 11.4 Å². The van der Waals surface area contributed by atoms with Gasteiger partial charge in [0.1, 0.15) is 11.9 Å². The summed E-state index contributed by atoms with van der Waals surface area (Å²) in [5.74, 6) is -0.284. The van der Waals surface area contributed by atoms with Crippen LogP contribution in [-0.2, 0) is 4.79 Å². The zero-order valence-corrected chi connectivity index (χ0v) is 14.0. The largest absolute Gasteiger partial charge is 0.368 e. The standard InChI is InChI=1S/C18H19N5O2/c1-10(2)15(16(19)24)23-18(25)12-3-4-13-14(9-12)22-17(21-13)11-5-7-20-8-6-11/h3-10,15H,1-2H3,(H2,19,24)(H,21,22)(H,23,25). The van der Waals surface area contributed by atoms with Gasteiger partial charge < -0.3 is 16.0 Å². The Bertz CT molecular complexity index is 918. The van der Waals surface area contributed by atoms with Gasteiger partial charge in [-0.25, -0.2) is 4.98 Å². The number of carbonyl (C=O) groups excluding carboxylic acids is 2. The van der Waals surface area contributed by atoms with Gasteiger partial charge in [0, 0.05) is 23.5 Å². The molecule has 1 atom stereocenters. The van der Waals surface area contributed by atoms with Gasteiger partial charge >= 0.3 is 0 Å². The maximum absolute atomic E-state index is 12.4. The molecule has 7 nitrogen and oxygen atoms in total. The molecule has 2 aromatic heterocycles. The maximum atomic E-state index is 12.4. The molecule has 128 valence electrons. The predicted octanol–water partition coefficient (Wildman–Crippen LogP) is 1.86. The molecule has 0 aliphatic carbocycles. The van der Waals surface area contributed by atoms with E-state index in [1.165, 1.54) is 0 Å². The van der Waals surface area contributed by atoms with E-state index in [2.05, 4.69) is 20.3 Å². The number of carbonyl (C=O) groups is 2. The highest BCUT2D eigenvalue weighted by molar-refractivity contribution is 6.00. The summed E-state index contributed by atoms with van der Waals surface area (Å²) in [4.78, 5) is 35.6. The first kappa shape index (κ1) is 16.6. The number of nitrogens with one attached hydrogen (secondary N) is 2. The molecule has 0 aliphatic heterocycles. The predicted molar refractivity (Wildman–Crippen MR) is 94.6 cm³/mol. The lowest BCUT2D eigenvalue weighted by Gasteiger charge is -2.18. The van der Waals surface area contributed by atoms with E-state index in [1.54, 1.807) is 30.6 Å². The third-order valence-corrected chi connectivity index (χ3v) is 3.96. The van der Waals surface area contributed by atoms with Crippen molar-refractivity contribution in [3.63, 3.8) is 0 Å². The summed E-state index contributed by atoms with van der Waals surface area (Å²) in [6.07, 6.45) is 3.38. The molecule has 0 radical (unpaired) electrons. The fourth-order valence-electron chi connectivity index (χ4n) is 2.59. The van der Waals surface area contributed by atoms with Crippen molar-refractivity contribution < 1.29 is 9.59 Å². The summed E-state index contributed by atoms with van der Waals surface area (Å²) in [7, 11) is 0. The normalized spacial score (nSPS) is 12.3. The van der Waals surface area contributed by atoms with Crippen molar-refractivity contribution in [2.45, 2.75) is 19.9 Å².